The highest BCUT2D eigenvalue weighted by Crippen LogP contribution is 2.31. The van der Waals surface area contributed by atoms with Gasteiger partial charge >= 0.3 is 0 Å². The molecule has 0 amide bonds. The first kappa shape index (κ1) is 13.0. The zero-order valence-corrected chi connectivity index (χ0v) is 10.8. The van der Waals surface area contributed by atoms with E-state index in [9.17, 15) is 0 Å². The van der Waals surface area contributed by atoms with Gasteiger partial charge in [0, 0.05) is 6.61 Å². The molecule has 0 saturated carbocycles. The Morgan fingerprint density at radius 3 is 2.80 bits per heavy atom. The minimum Gasteiger partial charge on any atom is -0.375 e. The van der Waals surface area contributed by atoms with Crippen LogP contribution in [0.1, 0.15) is 47.0 Å². The van der Waals surface area contributed by atoms with Gasteiger partial charge in [-0.1, -0.05) is 20.8 Å². The predicted octanol–water partition coefficient (Wildman–Crippen LogP) is 2.83. The average Bonchev–Trinajstić information content (AvgIpc) is 2.17. The number of hydrogen-bond acceptors (Lipinski definition) is 2. The summed E-state index contributed by atoms with van der Waals surface area (Å²) in [7, 11) is 0. The molecule has 2 heteroatoms. The van der Waals surface area contributed by atoms with Crippen molar-refractivity contribution in [2.24, 2.45) is 11.8 Å². The van der Waals surface area contributed by atoms with Crippen LogP contribution in [0.2, 0.25) is 0 Å². The Hall–Kier alpha value is -0.0800. The highest BCUT2D eigenvalue weighted by Gasteiger charge is 2.31. The lowest BCUT2D eigenvalue weighted by atomic mass is 9.85. The van der Waals surface area contributed by atoms with E-state index in [0.717, 1.165) is 38.0 Å². The van der Waals surface area contributed by atoms with Crippen molar-refractivity contribution in [3.63, 3.8) is 0 Å². The fourth-order valence-electron chi connectivity index (χ4n) is 2.24. The number of hydrogen-bond donors (Lipinski definition) is 1. The fourth-order valence-corrected chi connectivity index (χ4v) is 2.24. The van der Waals surface area contributed by atoms with Crippen LogP contribution in [0.15, 0.2) is 0 Å². The van der Waals surface area contributed by atoms with Crippen LogP contribution in [0.4, 0.5) is 0 Å². The van der Waals surface area contributed by atoms with Gasteiger partial charge in [-0.2, -0.15) is 0 Å². The van der Waals surface area contributed by atoms with Crippen LogP contribution < -0.4 is 5.32 Å². The van der Waals surface area contributed by atoms with E-state index in [1.807, 2.05) is 0 Å². The third-order valence-electron chi connectivity index (χ3n) is 3.43. The third kappa shape index (κ3) is 4.52. The Balaban J connectivity index is 2.24. The van der Waals surface area contributed by atoms with Crippen LogP contribution in [0, 0.1) is 11.8 Å². The van der Waals surface area contributed by atoms with Crippen molar-refractivity contribution in [3.8, 4) is 0 Å². The van der Waals surface area contributed by atoms with Gasteiger partial charge in [-0.05, 0) is 51.1 Å². The molecule has 0 bridgehead atoms. The first-order valence-electron chi connectivity index (χ1n) is 6.40. The molecule has 15 heavy (non-hydrogen) atoms. The molecule has 1 aliphatic heterocycles. The molecule has 0 aromatic rings. The largest absolute Gasteiger partial charge is 0.375 e. The second kappa shape index (κ2) is 5.86. The van der Waals surface area contributed by atoms with Crippen LogP contribution >= 0.6 is 0 Å². The summed E-state index contributed by atoms with van der Waals surface area (Å²) < 4.78 is 5.84. The standard InChI is InChI=1S/C13H27NO/c1-5-13(4)8-12(6-7-15-13)10-14-9-11(2)3/h11-12,14H,5-10H2,1-4H3. The molecule has 1 N–H and O–H groups in total. The van der Waals surface area contributed by atoms with Gasteiger partial charge in [0.1, 0.15) is 0 Å². The molecule has 1 fully saturated rings. The van der Waals surface area contributed by atoms with Crippen LogP contribution in [0.25, 0.3) is 0 Å². The van der Waals surface area contributed by atoms with E-state index in [1.165, 1.54) is 12.8 Å². The van der Waals surface area contributed by atoms with Gasteiger partial charge in [-0.25, -0.2) is 0 Å². The fraction of sp³-hybridized carbons (Fsp3) is 1.00. The summed E-state index contributed by atoms with van der Waals surface area (Å²) in [5, 5.41) is 3.56. The van der Waals surface area contributed by atoms with Crippen LogP contribution in [0.3, 0.4) is 0 Å². The zero-order valence-electron chi connectivity index (χ0n) is 10.8. The molecular weight excluding hydrogens is 186 g/mol. The van der Waals surface area contributed by atoms with Crippen molar-refractivity contribution in [3.05, 3.63) is 0 Å². The van der Waals surface area contributed by atoms with Gasteiger partial charge in [-0.15, -0.1) is 0 Å². The van der Waals surface area contributed by atoms with Crippen molar-refractivity contribution in [1.82, 2.24) is 5.32 Å². The second-order valence-corrected chi connectivity index (χ2v) is 5.56. The lowest BCUT2D eigenvalue weighted by Gasteiger charge is -2.38. The average molecular weight is 213 g/mol. The SMILES string of the molecule is CCC1(C)CC(CNCC(C)C)CCO1. The van der Waals surface area contributed by atoms with Gasteiger partial charge in [0.15, 0.2) is 0 Å². The molecule has 1 heterocycles. The Morgan fingerprint density at radius 1 is 1.47 bits per heavy atom. The third-order valence-corrected chi connectivity index (χ3v) is 3.43. The van der Waals surface area contributed by atoms with E-state index in [0.29, 0.717) is 0 Å². The maximum absolute atomic E-state index is 5.84. The molecule has 2 nitrogen and oxygen atoms in total. The predicted molar refractivity (Wildman–Crippen MR) is 65.1 cm³/mol. The number of nitrogens with one attached hydrogen (secondary N) is 1. The van der Waals surface area contributed by atoms with Crippen molar-refractivity contribution in [1.29, 1.82) is 0 Å². The molecule has 0 aromatic carbocycles. The Bertz CT molecular complexity index is 181. The molecular formula is C13H27NO. The van der Waals surface area contributed by atoms with Gasteiger partial charge < -0.3 is 10.1 Å². The summed E-state index contributed by atoms with van der Waals surface area (Å²) >= 11 is 0. The Labute approximate surface area is 94.8 Å². The number of rotatable bonds is 5. The van der Waals surface area contributed by atoms with E-state index in [2.05, 4.69) is 33.0 Å². The van der Waals surface area contributed by atoms with Gasteiger partial charge in [0.2, 0.25) is 0 Å². The first-order valence-corrected chi connectivity index (χ1v) is 6.40. The molecule has 1 saturated heterocycles. The van der Waals surface area contributed by atoms with E-state index < -0.39 is 0 Å². The summed E-state index contributed by atoms with van der Waals surface area (Å²) in [6.45, 7) is 12.2. The van der Waals surface area contributed by atoms with Crippen molar-refractivity contribution < 1.29 is 4.74 Å². The summed E-state index contributed by atoms with van der Waals surface area (Å²) in [6.07, 6.45) is 3.57. The van der Waals surface area contributed by atoms with Crippen molar-refractivity contribution in [2.45, 2.75) is 52.6 Å². The molecule has 2 atom stereocenters. The highest BCUT2D eigenvalue weighted by atomic mass is 16.5. The normalized spacial score (nSPS) is 32.2. The van der Waals surface area contributed by atoms with E-state index >= 15 is 0 Å². The highest BCUT2D eigenvalue weighted by molar-refractivity contribution is 4.82. The van der Waals surface area contributed by atoms with Gasteiger partial charge in [0.25, 0.3) is 0 Å². The van der Waals surface area contributed by atoms with Gasteiger partial charge in [0.05, 0.1) is 5.60 Å². The maximum Gasteiger partial charge on any atom is 0.0655 e. The van der Waals surface area contributed by atoms with Crippen LogP contribution in [-0.2, 0) is 4.74 Å². The summed E-state index contributed by atoms with van der Waals surface area (Å²) in [4.78, 5) is 0. The lowest BCUT2D eigenvalue weighted by Crippen LogP contribution is -2.40. The first-order chi connectivity index (χ1) is 7.06. The van der Waals surface area contributed by atoms with E-state index in [1.54, 1.807) is 0 Å². The minimum absolute atomic E-state index is 0.141. The molecule has 1 aliphatic rings. The summed E-state index contributed by atoms with van der Waals surface area (Å²) in [5.41, 5.74) is 0.141. The molecule has 0 aliphatic carbocycles. The van der Waals surface area contributed by atoms with Crippen molar-refractivity contribution in [2.75, 3.05) is 19.7 Å². The lowest BCUT2D eigenvalue weighted by molar-refractivity contribution is -0.0865. The second-order valence-electron chi connectivity index (χ2n) is 5.56. The van der Waals surface area contributed by atoms with Crippen molar-refractivity contribution >= 4 is 0 Å². The van der Waals surface area contributed by atoms with Gasteiger partial charge in [-0.3, -0.25) is 0 Å². The Kier molecular flexibility index (Phi) is 5.07. The summed E-state index contributed by atoms with van der Waals surface area (Å²) in [5.74, 6) is 1.56. The smallest absolute Gasteiger partial charge is 0.0655 e. The molecule has 0 spiro atoms. The van der Waals surface area contributed by atoms with E-state index in [-0.39, 0.29) is 5.60 Å². The van der Waals surface area contributed by atoms with E-state index in [4.69, 9.17) is 4.74 Å². The Morgan fingerprint density at radius 2 is 2.20 bits per heavy atom. The zero-order chi connectivity index (χ0) is 11.3. The molecule has 2 unspecified atom stereocenters. The molecule has 1 rings (SSSR count). The molecule has 0 radical (unpaired) electrons. The quantitative estimate of drug-likeness (QED) is 0.758. The molecule has 90 valence electrons. The summed E-state index contributed by atoms with van der Waals surface area (Å²) in [6, 6.07) is 0. The molecule has 0 aromatic heterocycles. The topological polar surface area (TPSA) is 21.3 Å². The van der Waals surface area contributed by atoms with Crippen LogP contribution in [-0.4, -0.2) is 25.3 Å². The monoisotopic (exact) mass is 213 g/mol. The number of ether oxygens (including phenoxy) is 1. The maximum atomic E-state index is 5.84. The van der Waals surface area contributed by atoms with Crippen LogP contribution in [0.5, 0.6) is 0 Å². The minimum atomic E-state index is 0.141.